The molecule has 0 fully saturated rings. The second-order valence-corrected chi connectivity index (χ2v) is 5.12. The summed E-state index contributed by atoms with van der Waals surface area (Å²) < 4.78 is 16.2. The SMILES string of the molecule is CCCCOCCOCCOCCNCCC(C)C. The Morgan fingerprint density at radius 3 is 1.95 bits per heavy atom. The van der Waals surface area contributed by atoms with Gasteiger partial charge in [-0.05, 0) is 25.3 Å². The van der Waals surface area contributed by atoms with Crippen LogP contribution in [0.5, 0.6) is 0 Å². The van der Waals surface area contributed by atoms with E-state index in [0.29, 0.717) is 26.4 Å². The van der Waals surface area contributed by atoms with Crippen LogP contribution in [0, 0.1) is 5.92 Å². The van der Waals surface area contributed by atoms with Gasteiger partial charge in [-0.3, -0.25) is 0 Å². The highest BCUT2D eigenvalue weighted by Crippen LogP contribution is 1.95. The predicted molar refractivity (Wildman–Crippen MR) is 79.7 cm³/mol. The number of hydrogen-bond acceptors (Lipinski definition) is 4. The summed E-state index contributed by atoms with van der Waals surface area (Å²) in [6.45, 7) is 12.9. The van der Waals surface area contributed by atoms with Crippen molar-refractivity contribution in [2.75, 3.05) is 52.7 Å². The lowest BCUT2D eigenvalue weighted by Gasteiger charge is -2.08. The first-order valence-electron chi connectivity index (χ1n) is 7.71. The van der Waals surface area contributed by atoms with E-state index in [1.165, 1.54) is 12.8 Å². The topological polar surface area (TPSA) is 39.7 Å². The van der Waals surface area contributed by atoms with Gasteiger partial charge >= 0.3 is 0 Å². The molecule has 4 nitrogen and oxygen atoms in total. The summed E-state index contributed by atoms with van der Waals surface area (Å²) >= 11 is 0. The van der Waals surface area contributed by atoms with Gasteiger partial charge in [-0.2, -0.15) is 0 Å². The molecular weight excluding hydrogens is 242 g/mol. The van der Waals surface area contributed by atoms with E-state index in [2.05, 4.69) is 26.1 Å². The van der Waals surface area contributed by atoms with E-state index >= 15 is 0 Å². The second-order valence-electron chi connectivity index (χ2n) is 5.12. The van der Waals surface area contributed by atoms with Crippen molar-refractivity contribution in [3.63, 3.8) is 0 Å². The number of ether oxygens (including phenoxy) is 3. The molecular formula is C15H33NO3. The van der Waals surface area contributed by atoms with Crippen molar-refractivity contribution in [2.45, 2.75) is 40.0 Å². The van der Waals surface area contributed by atoms with Gasteiger partial charge in [0.05, 0.1) is 33.0 Å². The van der Waals surface area contributed by atoms with Gasteiger partial charge in [-0.25, -0.2) is 0 Å². The first kappa shape index (κ1) is 18.8. The molecule has 0 aliphatic heterocycles. The minimum absolute atomic E-state index is 0.656. The highest BCUT2D eigenvalue weighted by atomic mass is 16.5. The second kappa shape index (κ2) is 15.9. The third kappa shape index (κ3) is 17.8. The molecule has 0 spiro atoms. The molecule has 0 radical (unpaired) electrons. The molecule has 0 aromatic carbocycles. The summed E-state index contributed by atoms with van der Waals surface area (Å²) in [5.41, 5.74) is 0. The van der Waals surface area contributed by atoms with Gasteiger partial charge in [0.15, 0.2) is 0 Å². The van der Waals surface area contributed by atoms with Crippen LogP contribution in [0.25, 0.3) is 0 Å². The molecule has 19 heavy (non-hydrogen) atoms. The van der Waals surface area contributed by atoms with Crippen LogP contribution < -0.4 is 5.32 Å². The third-order valence-corrected chi connectivity index (χ3v) is 2.71. The molecule has 1 N–H and O–H groups in total. The van der Waals surface area contributed by atoms with Crippen LogP contribution in [0.15, 0.2) is 0 Å². The average Bonchev–Trinajstić information content (AvgIpc) is 2.39. The van der Waals surface area contributed by atoms with Gasteiger partial charge in [0.25, 0.3) is 0 Å². The van der Waals surface area contributed by atoms with Gasteiger partial charge in [-0.15, -0.1) is 0 Å². The number of rotatable bonds is 15. The Hall–Kier alpha value is -0.160. The summed E-state index contributed by atoms with van der Waals surface area (Å²) in [6.07, 6.45) is 3.54. The van der Waals surface area contributed by atoms with E-state index in [1.807, 2.05) is 0 Å². The van der Waals surface area contributed by atoms with E-state index in [9.17, 15) is 0 Å². The van der Waals surface area contributed by atoms with Crippen LogP contribution in [0.4, 0.5) is 0 Å². The molecule has 0 rings (SSSR count). The Morgan fingerprint density at radius 1 is 0.789 bits per heavy atom. The number of unbranched alkanes of at least 4 members (excludes halogenated alkanes) is 1. The molecule has 0 bridgehead atoms. The molecule has 116 valence electrons. The third-order valence-electron chi connectivity index (χ3n) is 2.71. The fourth-order valence-electron chi connectivity index (χ4n) is 1.45. The van der Waals surface area contributed by atoms with Crippen LogP contribution in [0.2, 0.25) is 0 Å². The van der Waals surface area contributed by atoms with Gasteiger partial charge in [-0.1, -0.05) is 27.2 Å². The fourth-order valence-corrected chi connectivity index (χ4v) is 1.45. The molecule has 0 saturated carbocycles. The zero-order chi connectivity index (χ0) is 14.2. The Balaban J connectivity index is 2.91. The Morgan fingerprint density at radius 2 is 1.37 bits per heavy atom. The molecule has 0 heterocycles. The van der Waals surface area contributed by atoms with Crippen LogP contribution >= 0.6 is 0 Å². The molecule has 0 aliphatic carbocycles. The molecule has 0 saturated heterocycles. The molecule has 4 heteroatoms. The maximum Gasteiger partial charge on any atom is 0.0701 e. The van der Waals surface area contributed by atoms with Crippen LogP contribution in [-0.4, -0.2) is 52.7 Å². The highest BCUT2D eigenvalue weighted by molar-refractivity contribution is 4.50. The van der Waals surface area contributed by atoms with Crippen molar-refractivity contribution in [1.82, 2.24) is 5.32 Å². The predicted octanol–water partition coefficient (Wildman–Crippen LogP) is 2.47. The molecule has 0 aliphatic rings. The first-order chi connectivity index (χ1) is 9.27. The maximum atomic E-state index is 5.46. The maximum absolute atomic E-state index is 5.46. The van der Waals surface area contributed by atoms with E-state index in [4.69, 9.17) is 14.2 Å². The summed E-state index contributed by atoms with van der Waals surface area (Å²) in [6, 6.07) is 0. The molecule has 0 aromatic heterocycles. The lowest BCUT2D eigenvalue weighted by molar-refractivity contribution is 0.0146. The van der Waals surface area contributed by atoms with E-state index < -0.39 is 0 Å². The van der Waals surface area contributed by atoms with Gasteiger partial charge in [0.2, 0.25) is 0 Å². The summed E-state index contributed by atoms with van der Waals surface area (Å²) in [7, 11) is 0. The lowest BCUT2D eigenvalue weighted by Crippen LogP contribution is -2.22. The molecule has 0 unspecified atom stereocenters. The average molecular weight is 275 g/mol. The number of nitrogens with one attached hydrogen (secondary N) is 1. The summed E-state index contributed by atoms with van der Waals surface area (Å²) in [5.74, 6) is 0.765. The molecule has 0 atom stereocenters. The lowest BCUT2D eigenvalue weighted by atomic mass is 10.1. The van der Waals surface area contributed by atoms with Crippen molar-refractivity contribution in [1.29, 1.82) is 0 Å². The van der Waals surface area contributed by atoms with Gasteiger partial charge in [0, 0.05) is 13.2 Å². The van der Waals surface area contributed by atoms with Crippen molar-refractivity contribution in [3.8, 4) is 0 Å². The Labute approximate surface area is 119 Å². The largest absolute Gasteiger partial charge is 0.379 e. The first-order valence-corrected chi connectivity index (χ1v) is 7.71. The fraction of sp³-hybridized carbons (Fsp3) is 1.00. The smallest absolute Gasteiger partial charge is 0.0701 e. The standard InChI is InChI=1S/C15H33NO3/c1-4-5-9-17-11-13-19-14-12-18-10-8-16-7-6-15(2)3/h15-16H,4-14H2,1-3H3. The van der Waals surface area contributed by atoms with Crippen molar-refractivity contribution >= 4 is 0 Å². The summed E-state index contributed by atoms with van der Waals surface area (Å²) in [5, 5.41) is 3.36. The Bertz CT molecular complexity index is 165. The van der Waals surface area contributed by atoms with Crippen molar-refractivity contribution in [3.05, 3.63) is 0 Å². The zero-order valence-electron chi connectivity index (χ0n) is 13.1. The molecule has 0 aromatic rings. The number of hydrogen-bond donors (Lipinski definition) is 1. The van der Waals surface area contributed by atoms with E-state index in [-0.39, 0.29) is 0 Å². The summed E-state index contributed by atoms with van der Waals surface area (Å²) in [4.78, 5) is 0. The minimum atomic E-state index is 0.656. The van der Waals surface area contributed by atoms with E-state index in [1.54, 1.807) is 0 Å². The van der Waals surface area contributed by atoms with Gasteiger partial charge in [0.1, 0.15) is 0 Å². The van der Waals surface area contributed by atoms with Crippen LogP contribution in [0.3, 0.4) is 0 Å². The van der Waals surface area contributed by atoms with Crippen LogP contribution in [-0.2, 0) is 14.2 Å². The quantitative estimate of drug-likeness (QED) is 0.466. The van der Waals surface area contributed by atoms with E-state index in [0.717, 1.165) is 38.6 Å². The van der Waals surface area contributed by atoms with Crippen molar-refractivity contribution in [2.24, 2.45) is 5.92 Å². The zero-order valence-corrected chi connectivity index (χ0v) is 13.1. The van der Waals surface area contributed by atoms with Crippen molar-refractivity contribution < 1.29 is 14.2 Å². The highest BCUT2D eigenvalue weighted by Gasteiger charge is 1.94. The minimum Gasteiger partial charge on any atom is -0.379 e. The monoisotopic (exact) mass is 275 g/mol. The normalized spacial score (nSPS) is 11.4. The van der Waals surface area contributed by atoms with Gasteiger partial charge < -0.3 is 19.5 Å². The Kier molecular flexibility index (Phi) is 15.8. The molecule has 0 amide bonds. The van der Waals surface area contributed by atoms with Crippen LogP contribution in [0.1, 0.15) is 40.0 Å².